The quantitative estimate of drug-likeness (QED) is 0.548. The van der Waals surface area contributed by atoms with Gasteiger partial charge in [-0.2, -0.15) is 0 Å². The Kier molecular flexibility index (Phi) is 6.76. The number of aliphatic hydroxyl groups is 1. The summed E-state index contributed by atoms with van der Waals surface area (Å²) in [4.78, 5) is 24.3. The predicted molar refractivity (Wildman–Crippen MR) is 112 cm³/mol. The molecule has 2 amide bonds. The Bertz CT molecular complexity index is 1010. The van der Waals surface area contributed by atoms with Gasteiger partial charge in [-0.05, 0) is 31.5 Å². The van der Waals surface area contributed by atoms with Crippen molar-refractivity contribution < 1.29 is 19.4 Å². The SMILES string of the molecule is CNC(=O)Nc1cc(Oc2cncc(C)c2)c(-c2ccc(OC[C@@H](C)O)nc2)cn1. The average molecular weight is 409 g/mol. The fraction of sp³-hybridized carbons (Fsp3) is 0.238. The number of ether oxygens (including phenoxy) is 2. The number of rotatable bonds is 7. The van der Waals surface area contributed by atoms with Gasteiger partial charge in [0, 0.05) is 48.9 Å². The van der Waals surface area contributed by atoms with Gasteiger partial charge in [-0.1, -0.05) is 0 Å². The molecule has 1 atom stereocenters. The Morgan fingerprint density at radius 3 is 2.67 bits per heavy atom. The zero-order valence-corrected chi connectivity index (χ0v) is 16.9. The van der Waals surface area contributed by atoms with Crippen molar-refractivity contribution in [1.29, 1.82) is 0 Å². The number of aromatic nitrogens is 3. The molecule has 3 aromatic rings. The zero-order chi connectivity index (χ0) is 21.5. The summed E-state index contributed by atoms with van der Waals surface area (Å²) in [7, 11) is 1.52. The topological polar surface area (TPSA) is 118 Å². The van der Waals surface area contributed by atoms with Gasteiger partial charge in [-0.25, -0.2) is 14.8 Å². The van der Waals surface area contributed by atoms with E-state index < -0.39 is 6.10 Å². The Labute approximate surface area is 174 Å². The number of carbonyl (C=O) groups excluding carboxylic acids is 1. The fourth-order valence-electron chi connectivity index (χ4n) is 2.53. The highest BCUT2D eigenvalue weighted by Gasteiger charge is 2.13. The smallest absolute Gasteiger partial charge is 0.320 e. The van der Waals surface area contributed by atoms with Crippen LogP contribution in [0, 0.1) is 6.92 Å². The minimum absolute atomic E-state index is 0.155. The van der Waals surface area contributed by atoms with Crippen molar-refractivity contribution in [3.05, 3.63) is 54.6 Å². The highest BCUT2D eigenvalue weighted by molar-refractivity contribution is 5.88. The van der Waals surface area contributed by atoms with Crippen LogP contribution in [0.1, 0.15) is 12.5 Å². The molecule has 0 fully saturated rings. The van der Waals surface area contributed by atoms with Crippen LogP contribution < -0.4 is 20.1 Å². The van der Waals surface area contributed by atoms with Crippen molar-refractivity contribution in [3.8, 4) is 28.5 Å². The molecule has 0 spiro atoms. The molecule has 3 N–H and O–H groups in total. The number of hydrogen-bond acceptors (Lipinski definition) is 7. The summed E-state index contributed by atoms with van der Waals surface area (Å²) in [6.45, 7) is 3.71. The van der Waals surface area contributed by atoms with Crippen LogP contribution in [0.4, 0.5) is 10.6 Å². The second kappa shape index (κ2) is 9.66. The zero-order valence-electron chi connectivity index (χ0n) is 16.9. The van der Waals surface area contributed by atoms with Gasteiger partial charge < -0.3 is 19.9 Å². The Morgan fingerprint density at radius 1 is 1.17 bits per heavy atom. The van der Waals surface area contributed by atoms with Gasteiger partial charge in [-0.15, -0.1) is 0 Å². The van der Waals surface area contributed by atoms with Crippen molar-refractivity contribution in [2.24, 2.45) is 0 Å². The number of urea groups is 1. The van der Waals surface area contributed by atoms with Gasteiger partial charge in [0.1, 0.15) is 23.9 Å². The first-order valence-electron chi connectivity index (χ1n) is 9.30. The maximum Gasteiger partial charge on any atom is 0.320 e. The van der Waals surface area contributed by atoms with Gasteiger partial charge in [-0.3, -0.25) is 10.3 Å². The highest BCUT2D eigenvalue weighted by Crippen LogP contribution is 2.34. The van der Waals surface area contributed by atoms with E-state index in [0.717, 1.165) is 11.1 Å². The molecule has 0 radical (unpaired) electrons. The lowest BCUT2D eigenvalue weighted by Crippen LogP contribution is -2.24. The molecule has 0 aliphatic heterocycles. The first-order valence-corrected chi connectivity index (χ1v) is 9.30. The van der Waals surface area contributed by atoms with Gasteiger partial charge in [0.15, 0.2) is 0 Å². The molecule has 3 rings (SSSR count). The van der Waals surface area contributed by atoms with Gasteiger partial charge in [0.25, 0.3) is 0 Å². The summed E-state index contributed by atoms with van der Waals surface area (Å²) in [6.07, 6.45) is 5.97. The summed E-state index contributed by atoms with van der Waals surface area (Å²) in [5, 5.41) is 14.4. The largest absolute Gasteiger partial charge is 0.475 e. The number of nitrogens with one attached hydrogen (secondary N) is 2. The number of nitrogens with zero attached hydrogens (tertiary/aromatic N) is 3. The molecule has 0 aliphatic rings. The average Bonchev–Trinajstić information content (AvgIpc) is 2.73. The van der Waals surface area contributed by atoms with Crippen LogP contribution in [0.3, 0.4) is 0 Å². The number of aryl methyl sites for hydroxylation is 1. The number of amides is 2. The Balaban J connectivity index is 1.92. The number of pyridine rings is 3. The van der Waals surface area contributed by atoms with E-state index in [1.54, 1.807) is 43.8 Å². The molecule has 0 aromatic carbocycles. The summed E-state index contributed by atoms with van der Waals surface area (Å²) >= 11 is 0. The van der Waals surface area contributed by atoms with Gasteiger partial charge >= 0.3 is 6.03 Å². The normalized spacial score (nSPS) is 11.5. The summed E-state index contributed by atoms with van der Waals surface area (Å²) < 4.78 is 11.4. The Hall–Kier alpha value is -3.72. The van der Waals surface area contributed by atoms with Crippen molar-refractivity contribution in [2.75, 3.05) is 19.0 Å². The van der Waals surface area contributed by atoms with Crippen molar-refractivity contribution in [3.63, 3.8) is 0 Å². The molecule has 0 saturated heterocycles. The van der Waals surface area contributed by atoms with E-state index in [-0.39, 0.29) is 12.6 Å². The minimum atomic E-state index is -0.584. The molecule has 0 aliphatic carbocycles. The number of aliphatic hydroxyl groups excluding tert-OH is 1. The van der Waals surface area contributed by atoms with E-state index in [0.29, 0.717) is 28.8 Å². The van der Waals surface area contributed by atoms with E-state index in [9.17, 15) is 9.90 Å². The van der Waals surface area contributed by atoms with Crippen LogP contribution in [0.25, 0.3) is 11.1 Å². The lowest BCUT2D eigenvalue weighted by Gasteiger charge is -2.14. The Morgan fingerprint density at radius 2 is 2.00 bits per heavy atom. The third kappa shape index (κ3) is 5.65. The molecule has 9 nitrogen and oxygen atoms in total. The molecule has 30 heavy (non-hydrogen) atoms. The van der Waals surface area contributed by atoms with Gasteiger partial charge in [0.2, 0.25) is 5.88 Å². The molecular weight excluding hydrogens is 386 g/mol. The maximum absolute atomic E-state index is 11.6. The minimum Gasteiger partial charge on any atom is -0.475 e. The highest BCUT2D eigenvalue weighted by atomic mass is 16.5. The standard InChI is InChI=1S/C21H23N5O4/c1-13-6-16(10-23-8-13)30-18-7-19(26-21(28)22-3)24-11-17(18)15-4-5-20(25-9-15)29-12-14(2)27/h4-11,14,27H,12H2,1-3H3,(H2,22,24,26,28)/t14-/m1/s1. The van der Waals surface area contributed by atoms with Crippen LogP contribution in [-0.4, -0.2) is 45.8 Å². The lowest BCUT2D eigenvalue weighted by atomic mass is 10.1. The van der Waals surface area contributed by atoms with E-state index in [4.69, 9.17) is 9.47 Å². The van der Waals surface area contributed by atoms with E-state index in [2.05, 4.69) is 25.6 Å². The molecule has 156 valence electrons. The third-order valence-electron chi connectivity index (χ3n) is 3.93. The molecular formula is C21H23N5O4. The third-order valence-corrected chi connectivity index (χ3v) is 3.93. The lowest BCUT2D eigenvalue weighted by molar-refractivity contribution is 0.120. The first-order chi connectivity index (χ1) is 14.4. The van der Waals surface area contributed by atoms with Crippen molar-refractivity contribution in [1.82, 2.24) is 20.3 Å². The summed E-state index contributed by atoms with van der Waals surface area (Å²) in [5.74, 6) is 1.76. The van der Waals surface area contributed by atoms with Crippen LogP contribution in [-0.2, 0) is 0 Å². The molecule has 9 heteroatoms. The fourth-order valence-corrected chi connectivity index (χ4v) is 2.53. The molecule has 3 heterocycles. The summed E-state index contributed by atoms with van der Waals surface area (Å²) in [6, 6.07) is 6.61. The van der Waals surface area contributed by atoms with E-state index in [1.165, 1.54) is 7.05 Å². The van der Waals surface area contributed by atoms with Crippen molar-refractivity contribution in [2.45, 2.75) is 20.0 Å². The van der Waals surface area contributed by atoms with E-state index in [1.807, 2.05) is 19.1 Å². The first kappa shape index (κ1) is 21.0. The molecule has 0 bridgehead atoms. The van der Waals surface area contributed by atoms with Gasteiger partial charge in [0.05, 0.1) is 12.3 Å². The molecule has 0 saturated carbocycles. The van der Waals surface area contributed by atoms with Crippen LogP contribution >= 0.6 is 0 Å². The van der Waals surface area contributed by atoms with Crippen LogP contribution in [0.15, 0.2) is 49.1 Å². The van der Waals surface area contributed by atoms with Crippen LogP contribution in [0.2, 0.25) is 0 Å². The number of hydrogen-bond donors (Lipinski definition) is 3. The molecule has 3 aromatic heterocycles. The summed E-state index contributed by atoms with van der Waals surface area (Å²) in [5.41, 5.74) is 2.37. The van der Waals surface area contributed by atoms with Crippen molar-refractivity contribution >= 4 is 11.8 Å². The molecule has 0 unspecified atom stereocenters. The number of carbonyl (C=O) groups is 1. The van der Waals surface area contributed by atoms with Crippen LogP contribution in [0.5, 0.6) is 17.4 Å². The second-order valence-corrected chi connectivity index (χ2v) is 6.62. The predicted octanol–water partition coefficient (Wildman–Crippen LogP) is 3.15. The second-order valence-electron chi connectivity index (χ2n) is 6.62. The monoisotopic (exact) mass is 409 g/mol. The number of anilines is 1. The maximum atomic E-state index is 11.6. The van der Waals surface area contributed by atoms with E-state index >= 15 is 0 Å².